The minimum absolute atomic E-state index is 0.00547. The molecule has 0 aliphatic carbocycles. The summed E-state index contributed by atoms with van der Waals surface area (Å²) in [5.74, 6) is 0.360. The van der Waals surface area contributed by atoms with E-state index in [4.69, 9.17) is 0 Å². The lowest BCUT2D eigenvalue weighted by Gasteiger charge is -2.23. The third-order valence-corrected chi connectivity index (χ3v) is 5.33. The highest BCUT2D eigenvalue weighted by atomic mass is 32.1. The van der Waals surface area contributed by atoms with Gasteiger partial charge in [-0.1, -0.05) is 12.1 Å². The molecule has 2 aromatic heterocycles. The predicted molar refractivity (Wildman–Crippen MR) is 95.7 cm³/mol. The van der Waals surface area contributed by atoms with E-state index in [1.165, 1.54) is 11.3 Å². The van der Waals surface area contributed by atoms with Crippen molar-refractivity contribution in [1.82, 2.24) is 25.2 Å². The Kier molecular flexibility index (Phi) is 5.32. The molecule has 3 amide bonds. The molecule has 0 aromatic carbocycles. The van der Waals surface area contributed by atoms with Crippen LogP contribution < -0.4 is 10.6 Å². The fraction of sp³-hybridized carbons (Fsp3) is 0.500. The van der Waals surface area contributed by atoms with Gasteiger partial charge in [-0.15, -0.1) is 16.4 Å². The van der Waals surface area contributed by atoms with Crippen molar-refractivity contribution in [2.45, 2.75) is 38.8 Å². The van der Waals surface area contributed by atoms with Crippen LogP contribution in [-0.4, -0.2) is 45.4 Å². The molecule has 0 bridgehead atoms. The van der Waals surface area contributed by atoms with E-state index in [-0.39, 0.29) is 18.0 Å². The van der Waals surface area contributed by atoms with E-state index in [1.54, 1.807) is 22.8 Å². The van der Waals surface area contributed by atoms with Crippen molar-refractivity contribution in [1.29, 1.82) is 0 Å². The van der Waals surface area contributed by atoms with Gasteiger partial charge < -0.3 is 10.2 Å². The van der Waals surface area contributed by atoms with Crippen molar-refractivity contribution < 1.29 is 9.59 Å². The third kappa shape index (κ3) is 3.81. The summed E-state index contributed by atoms with van der Waals surface area (Å²) in [4.78, 5) is 27.9. The van der Waals surface area contributed by atoms with E-state index >= 15 is 0 Å². The van der Waals surface area contributed by atoms with E-state index in [0.29, 0.717) is 17.2 Å². The molecule has 0 saturated carbocycles. The van der Waals surface area contributed by atoms with Gasteiger partial charge in [0.2, 0.25) is 0 Å². The lowest BCUT2D eigenvalue weighted by molar-refractivity contribution is 0.0967. The Labute approximate surface area is 150 Å². The van der Waals surface area contributed by atoms with Crippen molar-refractivity contribution in [3.8, 4) is 0 Å². The molecule has 1 fully saturated rings. The van der Waals surface area contributed by atoms with Crippen LogP contribution in [0.3, 0.4) is 0 Å². The van der Waals surface area contributed by atoms with Gasteiger partial charge in [0.15, 0.2) is 5.82 Å². The van der Waals surface area contributed by atoms with Crippen molar-refractivity contribution in [3.05, 3.63) is 28.1 Å². The van der Waals surface area contributed by atoms with Crippen LogP contribution in [0, 0.1) is 0 Å². The second kappa shape index (κ2) is 7.64. The van der Waals surface area contributed by atoms with Crippen LogP contribution in [0.2, 0.25) is 0 Å². The summed E-state index contributed by atoms with van der Waals surface area (Å²) >= 11 is 1.44. The number of aromatic nitrogens is 3. The van der Waals surface area contributed by atoms with Gasteiger partial charge in [0.25, 0.3) is 5.91 Å². The Morgan fingerprint density at radius 3 is 3.00 bits per heavy atom. The number of rotatable bonds is 5. The number of urea groups is 1. The van der Waals surface area contributed by atoms with Crippen LogP contribution in [0.25, 0.3) is 0 Å². The van der Waals surface area contributed by atoms with Crippen LogP contribution in [-0.2, 0) is 6.54 Å². The Morgan fingerprint density at radius 2 is 2.24 bits per heavy atom. The van der Waals surface area contributed by atoms with Gasteiger partial charge in [0.05, 0.1) is 17.1 Å². The van der Waals surface area contributed by atoms with E-state index in [0.717, 1.165) is 30.7 Å². The molecule has 0 radical (unpaired) electrons. The summed E-state index contributed by atoms with van der Waals surface area (Å²) in [5, 5.41) is 13.4. The molecule has 8 nitrogen and oxygen atoms in total. The number of carbonyl (C=O) groups is 2. The minimum atomic E-state index is -0.180. The summed E-state index contributed by atoms with van der Waals surface area (Å²) < 4.78 is 1.71. The van der Waals surface area contributed by atoms with E-state index in [2.05, 4.69) is 27.9 Å². The maximum absolute atomic E-state index is 12.6. The van der Waals surface area contributed by atoms with E-state index < -0.39 is 0 Å². The number of nitrogens with one attached hydrogen (secondary N) is 2. The number of amides is 3. The SMILES string of the molecule is CCCn1cc(NC(=O)N2CCC[C@@H]2c2ccc(C(=O)NC)s2)nn1. The van der Waals surface area contributed by atoms with Gasteiger partial charge in [-0.25, -0.2) is 4.79 Å². The number of aryl methyl sites for hydroxylation is 1. The number of hydrogen-bond donors (Lipinski definition) is 2. The molecule has 3 rings (SSSR count). The molecule has 0 spiro atoms. The van der Waals surface area contributed by atoms with Crippen molar-refractivity contribution >= 4 is 29.1 Å². The molecule has 0 unspecified atom stereocenters. The van der Waals surface area contributed by atoms with Crippen LogP contribution in [0.1, 0.15) is 46.8 Å². The summed E-state index contributed by atoms with van der Waals surface area (Å²) in [5.41, 5.74) is 0. The maximum Gasteiger partial charge on any atom is 0.323 e. The zero-order valence-corrected chi connectivity index (χ0v) is 15.2. The lowest BCUT2D eigenvalue weighted by Crippen LogP contribution is -2.34. The molecule has 2 N–H and O–H groups in total. The topological polar surface area (TPSA) is 92.2 Å². The van der Waals surface area contributed by atoms with E-state index in [1.807, 2.05) is 12.1 Å². The minimum Gasteiger partial charge on any atom is -0.354 e. The standard InChI is InChI=1S/C16H22N6O2S/c1-3-8-21-10-14(19-20-21)18-16(24)22-9-4-5-11(22)12-6-7-13(25-12)15(23)17-2/h6-7,10-11H,3-5,8-9H2,1-2H3,(H,17,23)(H,18,24)/t11-/m1/s1. The summed E-state index contributed by atoms with van der Waals surface area (Å²) in [6, 6.07) is 3.56. The third-order valence-electron chi connectivity index (χ3n) is 4.15. The van der Waals surface area contributed by atoms with Gasteiger partial charge in [0.1, 0.15) is 0 Å². The predicted octanol–water partition coefficient (Wildman–Crippen LogP) is 2.48. The van der Waals surface area contributed by atoms with Crippen LogP contribution in [0.5, 0.6) is 0 Å². The molecule has 25 heavy (non-hydrogen) atoms. The molecular formula is C16H22N6O2S. The van der Waals surface area contributed by atoms with Gasteiger partial charge in [0, 0.05) is 25.0 Å². The number of carbonyl (C=O) groups excluding carboxylic acids is 2. The molecule has 9 heteroatoms. The number of anilines is 1. The number of thiophene rings is 1. The van der Waals surface area contributed by atoms with Gasteiger partial charge in [-0.05, 0) is 31.4 Å². The average Bonchev–Trinajstić information content (AvgIpc) is 3.34. The molecule has 134 valence electrons. The number of hydrogen-bond acceptors (Lipinski definition) is 5. The normalized spacial score (nSPS) is 16.9. The average molecular weight is 362 g/mol. The van der Waals surface area contributed by atoms with Crippen LogP contribution in [0.4, 0.5) is 10.6 Å². The molecule has 1 saturated heterocycles. The first-order chi connectivity index (χ1) is 12.1. The van der Waals surface area contributed by atoms with Crippen molar-refractivity contribution in [2.75, 3.05) is 18.9 Å². The number of nitrogens with zero attached hydrogens (tertiary/aromatic N) is 4. The zero-order valence-electron chi connectivity index (χ0n) is 14.4. The monoisotopic (exact) mass is 362 g/mol. The zero-order chi connectivity index (χ0) is 17.8. The first-order valence-electron chi connectivity index (χ1n) is 8.42. The molecule has 1 aliphatic rings. The smallest absolute Gasteiger partial charge is 0.323 e. The highest BCUT2D eigenvalue weighted by Crippen LogP contribution is 2.36. The molecular weight excluding hydrogens is 340 g/mol. The van der Waals surface area contributed by atoms with Gasteiger partial charge in [-0.3, -0.25) is 14.8 Å². The highest BCUT2D eigenvalue weighted by Gasteiger charge is 2.31. The van der Waals surface area contributed by atoms with Crippen LogP contribution >= 0.6 is 11.3 Å². The van der Waals surface area contributed by atoms with Crippen LogP contribution in [0.15, 0.2) is 18.3 Å². The van der Waals surface area contributed by atoms with Crippen molar-refractivity contribution in [3.63, 3.8) is 0 Å². The molecule has 1 aliphatic heterocycles. The van der Waals surface area contributed by atoms with E-state index in [9.17, 15) is 9.59 Å². The summed E-state index contributed by atoms with van der Waals surface area (Å²) in [7, 11) is 1.61. The second-order valence-corrected chi connectivity index (χ2v) is 7.04. The van der Waals surface area contributed by atoms with Gasteiger partial charge >= 0.3 is 6.03 Å². The Hall–Kier alpha value is -2.42. The first kappa shape index (κ1) is 17.4. The summed E-state index contributed by atoms with van der Waals surface area (Å²) in [6.07, 6.45) is 4.52. The molecule has 2 aromatic rings. The quantitative estimate of drug-likeness (QED) is 0.855. The Morgan fingerprint density at radius 1 is 1.40 bits per heavy atom. The maximum atomic E-state index is 12.6. The summed E-state index contributed by atoms with van der Waals surface area (Å²) in [6.45, 7) is 3.52. The largest absolute Gasteiger partial charge is 0.354 e. The lowest BCUT2D eigenvalue weighted by atomic mass is 10.2. The first-order valence-corrected chi connectivity index (χ1v) is 9.23. The number of likely N-dealkylation sites (tertiary alicyclic amines) is 1. The molecule has 3 heterocycles. The second-order valence-electron chi connectivity index (χ2n) is 5.93. The Balaban J connectivity index is 1.68. The highest BCUT2D eigenvalue weighted by molar-refractivity contribution is 7.14. The molecule has 1 atom stereocenters. The van der Waals surface area contributed by atoms with Gasteiger partial charge in [-0.2, -0.15) is 0 Å². The van der Waals surface area contributed by atoms with Crippen molar-refractivity contribution in [2.24, 2.45) is 0 Å². The fourth-order valence-electron chi connectivity index (χ4n) is 2.96. The fourth-order valence-corrected chi connectivity index (χ4v) is 4.06. The Bertz CT molecular complexity index is 755.